The van der Waals surface area contributed by atoms with E-state index in [4.69, 9.17) is 0 Å². The van der Waals surface area contributed by atoms with Crippen molar-refractivity contribution >= 4 is 6.03 Å². The van der Waals surface area contributed by atoms with Crippen molar-refractivity contribution in [2.45, 2.75) is 52.7 Å². The second-order valence-electron chi connectivity index (χ2n) is 5.87. The largest absolute Gasteiger partial charge is 0.334 e. The molecule has 0 aromatic carbocycles. The van der Waals surface area contributed by atoms with E-state index in [2.05, 4.69) is 20.7 Å². The molecule has 0 bridgehead atoms. The Bertz CT molecular complexity index is 638. The summed E-state index contributed by atoms with van der Waals surface area (Å²) in [6, 6.07) is 5.69. The van der Waals surface area contributed by atoms with Gasteiger partial charge in [-0.05, 0) is 51.0 Å². The van der Waals surface area contributed by atoms with Crippen molar-refractivity contribution in [3.8, 4) is 0 Å². The van der Waals surface area contributed by atoms with E-state index in [0.29, 0.717) is 6.54 Å². The lowest BCUT2D eigenvalue weighted by Crippen LogP contribution is -2.44. The van der Waals surface area contributed by atoms with Crippen molar-refractivity contribution in [3.05, 3.63) is 47.5 Å². The average molecular weight is 315 g/mol. The molecule has 2 heterocycles. The molecular weight excluding hydrogens is 290 g/mol. The number of carbonyl (C=O) groups excluding carboxylic acids is 1. The van der Waals surface area contributed by atoms with Crippen molar-refractivity contribution < 1.29 is 4.79 Å². The molecule has 0 saturated heterocycles. The van der Waals surface area contributed by atoms with Gasteiger partial charge in [0.15, 0.2) is 0 Å². The molecule has 0 unspecified atom stereocenters. The summed E-state index contributed by atoms with van der Waals surface area (Å²) in [5.41, 5.74) is 3.14. The minimum Gasteiger partial charge on any atom is -0.334 e. The van der Waals surface area contributed by atoms with Gasteiger partial charge >= 0.3 is 6.03 Å². The fourth-order valence-electron chi connectivity index (χ4n) is 2.61. The first-order chi connectivity index (χ1) is 11.0. The molecule has 0 aliphatic carbocycles. The fourth-order valence-corrected chi connectivity index (χ4v) is 2.61. The zero-order chi connectivity index (χ0) is 16.8. The number of amides is 2. The molecule has 0 radical (unpaired) electrons. The summed E-state index contributed by atoms with van der Waals surface area (Å²) in [6.45, 7) is 8.66. The molecule has 0 fully saturated rings. The van der Waals surface area contributed by atoms with Crippen LogP contribution in [0.25, 0.3) is 0 Å². The molecule has 0 aliphatic rings. The number of hydrogen-bond acceptors (Lipinski definition) is 3. The molecule has 0 saturated carbocycles. The lowest BCUT2D eigenvalue weighted by molar-refractivity contribution is 0.232. The SMILES string of the molecule is CC[C@H](NC(=O)N[C@@H](C)Cn1nc(C)cc1C)c1ccncc1. The molecule has 2 aromatic rings. The van der Waals surface area contributed by atoms with E-state index in [1.165, 1.54) is 0 Å². The van der Waals surface area contributed by atoms with Crippen LogP contribution < -0.4 is 10.6 Å². The third kappa shape index (κ3) is 4.81. The number of nitrogens with zero attached hydrogens (tertiary/aromatic N) is 3. The first kappa shape index (κ1) is 17.0. The van der Waals surface area contributed by atoms with E-state index < -0.39 is 0 Å². The van der Waals surface area contributed by atoms with E-state index in [-0.39, 0.29) is 18.1 Å². The number of carbonyl (C=O) groups is 1. The minimum absolute atomic E-state index is 0.0112. The van der Waals surface area contributed by atoms with Crippen LogP contribution in [0, 0.1) is 13.8 Å². The van der Waals surface area contributed by atoms with E-state index in [0.717, 1.165) is 23.4 Å². The van der Waals surface area contributed by atoms with Crippen LogP contribution in [0.1, 0.15) is 43.3 Å². The Morgan fingerprint density at radius 1 is 1.26 bits per heavy atom. The summed E-state index contributed by atoms with van der Waals surface area (Å²) in [7, 11) is 0. The maximum Gasteiger partial charge on any atom is 0.315 e. The summed E-state index contributed by atoms with van der Waals surface area (Å²) >= 11 is 0. The van der Waals surface area contributed by atoms with E-state index in [1.807, 2.05) is 50.6 Å². The molecule has 0 aliphatic heterocycles. The molecule has 2 amide bonds. The van der Waals surface area contributed by atoms with Crippen LogP contribution in [0.2, 0.25) is 0 Å². The van der Waals surface area contributed by atoms with E-state index in [9.17, 15) is 4.79 Å². The van der Waals surface area contributed by atoms with Crippen LogP contribution in [0.5, 0.6) is 0 Å². The highest BCUT2D eigenvalue weighted by atomic mass is 16.2. The highest BCUT2D eigenvalue weighted by Gasteiger charge is 2.15. The van der Waals surface area contributed by atoms with Crippen LogP contribution in [-0.2, 0) is 6.54 Å². The normalized spacial score (nSPS) is 13.4. The van der Waals surface area contributed by atoms with Crippen molar-refractivity contribution in [3.63, 3.8) is 0 Å². The zero-order valence-electron chi connectivity index (χ0n) is 14.2. The van der Waals surface area contributed by atoms with Gasteiger partial charge < -0.3 is 10.6 Å². The van der Waals surface area contributed by atoms with Crippen LogP contribution >= 0.6 is 0 Å². The third-order valence-corrected chi connectivity index (χ3v) is 3.75. The summed E-state index contributed by atoms with van der Waals surface area (Å²) < 4.78 is 1.92. The number of aromatic nitrogens is 3. The zero-order valence-corrected chi connectivity index (χ0v) is 14.2. The molecule has 23 heavy (non-hydrogen) atoms. The summed E-state index contributed by atoms with van der Waals surface area (Å²) in [6.07, 6.45) is 4.30. The van der Waals surface area contributed by atoms with Gasteiger partial charge in [0.1, 0.15) is 0 Å². The first-order valence-corrected chi connectivity index (χ1v) is 7.97. The Morgan fingerprint density at radius 2 is 1.96 bits per heavy atom. The monoisotopic (exact) mass is 315 g/mol. The Balaban J connectivity index is 1.89. The molecule has 6 heteroatoms. The maximum atomic E-state index is 12.2. The van der Waals surface area contributed by atoms with Gasteiger partial charge in [0, 0.05) is 24.1 Å². The Labute approximate surface area is 137 Å². The van der Waals surface area contributed by atoms with Crippen LogP contribution in [0.4, 0.5) is 4.79 Å². The standard InChI is InChI=1S/C17H25N5O/c1-5-16(15-6-8-18-9-7-15)20-17(23)19-13(3)11-22-14(4)10-12(2)21-22/h6-10,13,16H,5,11H2,1-4H3,(H2,19,20,23)/t13-,16-/m0/s1. The van der Waals surface area contributed by atoms with Gasteiger partial charge in [-0.15, -0.1) is 0 Å². The fraction of sp³-hybridized carbons (Fsp3) is 0.471. The summed E-state index contributed by atoms with van der Waals surface area (Å²) in [5.74, 6) is 0. The number of aryl methyl sites for hydroxylation is 2. The van der Waals surface area contributed by atoms with Crippen molar-refractivity contribution in [2.75, 3.05) is 0 Å². The molecule has 2 N–H and O–H groups in total. The van der Waals surface area contributed by atoms with E-state index >= 15 is 0 Å². The predicted octanol–water partition coefficient (Wildman–Crippen LogP) is 2.73. The lowest BCUT2D eigenvalue weighted by Gasteiger charge is -2.20. The van der Waals surface area contributed by atoms with Gasteiger partial charge in [0.25, 0.3) is 0 Å². The quantitative estimate of drug-likeness (QED) is 0.861. The molecule has 2 rings (SSSR count). The lowest BCUT2D eigenvalue weighted by atomic mass is 10.1. The molecule has 2 atom stereocenters. The van der Waals surface area contributed by atoms with Gasteiger partial charge in [-0.25, -0.2) is 4.79 Å². The number of hydrogen-bond donors (Lipinski definition) is 2. The van der Waals surface area contributed by atoms with Crippen molar-refractivity contribution in [2.24, 2.45) is 0 Å². The molecule has 124 valence electrons. The topological polar surface area (TPSA) is 71.8 Å². The van der Waals surface area contributed by atoms with Gasteiger partial charge in [-0.3, -0.25) is 9.67 Å². The van der Waals surface area contributed by atoms with Gasteiger partial charge in [0.2, 0.25) is 0 Å². The molecule has 0 spiro atoms. The van der Waals surface area contributed by atoms with Gasteiger partial charge in [0.05, 0.1) is 18.3 Å². The maximum absolute atomic E-state index is 12.2. The van der Waals surface area contributed by atoms with Crippen molar-refractivity contribution in [1.29, 1.82) is 0 Å². The van der Waals surface area contributed by atoms with Crippen LogP contribution in [-0.4, -0.2) is 26.8 Å². The summed E-state index contributed by atoms with van der Waals surface area (Å²) in [5, 5.41) is 10.4. The van der Waals surface area contributed by atoms with E-state index in [1.54, 1.807) is 12.4 Å². The number of nitrogens with one attached hydrogen (secondary N) is 2. The third-order valence-electron chi connectivity index (χ3n) is 3.75. The predicted molar refractivity (Wildman–Crippen MR) is 90.1 cm³/mol. The van der Waals surface area contributed by atoms with Gasteiger partial charge in [-0.1, -0.05) is 6.92 Å². The number of rotatable bonds is 6. The average Bonchev–Trinajstić information content (AvgIpc) is 2.83. The van der Waals surface area contributed by atoms with Gasteiger partial charge in [-0.2, -0.15) is 5.10 Å². The molecule has 2 aromatic heterocycles. The Morgan fingerprint density at radius 3 is 2.52 bits per heavy atom. The second-order valence-corrected chi connectivity index (χ2v) is 5.87. The number of pyridine rings is 1. The second kappa shape index (κ2) is 7.76. The summed E-state index contributed by atoms with van der Waals surface area (Å²) in [4.78, 5) is 16.2. The van der Waals surface area contributed by atoms with Crippen LogP contribution in [0.15, 0.2) is 30.6 Å². The Hall–Kier alpha value is -2.37. The van der Waals surface area contributed by atoms with Crippen molar-refractivity contribution in [1.82, 2.24) is 25.4 Å². The molecule has 6 nitrogen and oxygen atoms in total. The van der Waals surface area contributed by atoms with Crippen LogP contribution in [0.3, 0.4) is 0 Å². The first-order valence-electron chi connectivity index (χ1n) is 7.97. The Kier molecular flexibility index (Phi) is 5.73. The highest BCUT2D eigenvalue weighted by Crippen LogP contribution is 2.14. The minimum atomic E-state index is -0.164. The molecular formula is C17H25N5O. The highest BCUT2D eigenvalue weighted by molar-refractivity contribution is 5.74. The number of urea groups is 1. The smallest absolute Gasteiger partial charge is 0.315 e.